The number of nitrogens with zero attached hydrogens (tertiary/aromatic N) is 2. The molecule has 5 heteroatoms. The lowest BCUT2D eigenvalue weighted by atomic mass is 10.2. The molecule has 0 aliphatic heterocycles. The number of fused-ring (bicyclic) bond motifs is 1. The molecule has 2 aromatic heterocycles. The Balaban J connectivity index is 2.16. The molecule has 3 rings (SSSR count). The Morgan fingerprint density at radius 3 is 2.94 bits per heavy atom. The van der Waals surface area contributed by atoms with Gasteiger partial charge in [0.15, 0.2) is 5.15 Å². The molecule has 0 saturated carbocycles. The first-order chi connectivity index (χ1) is 8.78. The first kappa shape index (κ1) is 11.4. The van der Waals surface area contributed by atoms with Crippen molar-refractivity contribution in [1.82, 2.24) is 9.97 Å². The van der Waals surface area contributed by atoms with Crippen LogP contribution in [0.1, 0.15) is 0 Å². The second-order valence-corrected chi connectivity index (χ2v) is 5.09. The Hall–Kier alpha value is -1.65. The highest BCUT2D eigenvalue weighted by molar-refractivity contribution is 7.21. The maximum absolute atomic E-state index is 6.02. The summed E-state index contributed by atoms with van der Waals surface area (Å²) in [4.78, 5) is 8.56. The third-order valence-electron chi connectivity index (χ3n) is 2.58. The lowest BCUT2D eigenvalue weighted by molar-refractivity contribution is 0.415. The van der Waals surface area contributed by atoms with Crippen LogP contribution in [0, 0.1) is 0 Å². The van der Waals surface area contributed by atoms with Gasteiger partial charge in [0, 0.05) is 11.8 Å². The van der Waals surface area contributed by atoms with Gasteiger partial charge in [0.25, 0.3) is 0 Å². The van der Waals surface area contributed by atoms with Crippen molar-refractivity contribution < 1.29 is 4.74 Å². The van der Waals surface area contributed by atoms with Crippen molar-refractivity contribution in [3.05, 3.63) is 41.7 Å². The molecule has 0 unspecified atom stereocenters. The molecule has 3 aromatic rings. The summed E-state index contributed by atoms with van der Waals surface area (Å²) in [6.45, 7) is 0. The van der Waals surface area contributed by atoms with Crippen molar-refractivity contribution in [1.29, 1.82) is 0 Å². The van der Waals surface area contributed by atoms with Crippen LogP contribution in [0.5, 0.6) is 5.75 Å². The standard InChI is InChI=1S/C13H9ClN2OS/c1-17-9-4-2-3-8(7-9)13-16-11-10(18-13)5-6-15-12(11)14/h2-7H,1H3. The Labute approximate surface area is 113 Å². The molecule has 0 aliphatic carbocycles. The van der Waals surface area contributed by atoms with Gasteiger partial charge in [-0.25, -0.2) is 9.97 Å². The number of pyridine rings is 1. The normalized spacial score (nSPS) is 10.8. The van der Waals surface area contributed by atoms with Crippen LogP contribution in [0.4, 0.5) is 0 Å². The molecular formula is C13H9ClN2OS. The number of thiazole rings is 1. The number of hydrogen-bond donors (Lipinski definition) is 0. The van der Waals surface area contributed by atoms with Gasteiger partial charge in [0.1, 0.15) is 16.3 Å². The van der Waals surface area contributed by atoms with Crippen molar-refractivity contribution in [2.75, 3.05) is 7.11 Å². The third kappa shape index (κ3) is 1.94. The van der Waals surface area contributed by atoms with Gasteiger partial charge in [-0.2, -0.15) is 0 Å². The molecule has 0 N–H and O–H groups in total. The van der Waals surface area contributed by atoms with Crippen molar-refractivity contribution in [2.45, 2.75) is 0 Å². The molecule has 1 aromatic carbocycles. The van der Waals surface area contributed by atoms with Gasteiger partial charge in [-0.15, -0.1) is 11.3 Å². The fourth-order valence-corrected chi connectivity index (χ4v) is 2.92. The highest BCUT2D eigenvalue weighted by atomic mass is 35.5. The Morgan fingerprint density at radius 1 is 1.28 bits per heavy atom. The van der Waals surface area contributed by atoms with Crippen molar-refractivity contribution in [3.63, 3.8) is 0 Å². The zero-order valence-corrected chi connectivity index (χ0v) is 11.1. The summed E-state index contributed by atoms with van der Waals surface area (Å²) in [6.07, 6.45) is 1.69. The molecule has 0 saturated heterocycles. The number of hydrogen-bond acceptors (Lipinski definition) is 4. The van der Waals surface area contributed by atoms with E-state index in [1.807, 2.05) is 30.3 Å². The molecule has 0 radical (unpaired) electrons. The molecule has 90 valence electrons. The van der Waals surface area contributed by atoms with Gasteiger partial charge < -0.3 is 4.74 Å². The van der Waals surface area contributed by atoms with Gasteiger partial charge in [-0.1, -0.05) is 23.7 Å². The van der Waals surface area contributed by atoms with Crippen LogP contribution in [0.25, 0.3) is 20.8 Å². The summed E-state index contributed by atoms with van der Waals surface area (Å²) in [5.41, 5.74) is 1.77. The number of aromatic nitrogens is 2. The van der Waals surface area contributed by atoms with Gasteiger partial charge in [0.05, 0.1) is 11.8 Å². The van der Waals surface area contributed by atoms with Crippen molar-refractivity contribution >= 4 is 33.2 Å². The van der Waals surface area contributed by atoms with E-state index in [-0.39, 0.29) is 0 Å². The lowest BCUT2D eigenvalue weighted by Crippen LogP contribution is -1.83. The molecule has 0 atom stereocenters. The van der Waals surface area contributed by atoms with E-state index >= 15 is 0 Å². The number of rotatable bonds is 2. The smallest absolute Gasteiger partial charge is 0.156 e. The topological polar surface area (TPSA) is 35.0 Å². The lowest BCUT2D eigenvalue weighted by Gasteiger charge is -2.00. The average Bonchev–Trinajstić information content (AvgIpc) is 2.84. The van der Waals surface area contributed by atoms with Crippen LogP contribution >= 0.6 is 22.9 Å². The fourth-order valence-electron chi connectivity index (χ4n) is 1.70. The molecule has 18 heavy (non-hydrogen) atoms. The van der Waals surface area contributed by atoms with Crippen LogP contribution in [0.2, 0.25) is 5.15 Å². The first-order valence-corrected chi connectivity index (χ1v) is 6.53. The van der Waals surface area contributed by atoms with E-state index in [1.54, 1.807) is 24.6 Å². The largest absolute Gasteiger partial charge is 0.497 e. The minimum atomic E-state index is 0.442. The fraction of sp³-hybridized carbons (Fsp3) is 0.0769. The summed E-state index contributed by atoms with van der Waals surface area (Å²) < 4.78 is 6.25. The van der Waals surface area contributed by atoms with Gasteiger partial charge in [-0.3, -0.25) is 0 Å². The average molecular weight is 277 g/mol. The second-order valence-electron chi connectivity index (χ2n) is 3.70. The predicted octanol–water partition coefficient (Wildman–Crippen LogP) is 4.02. The Kier molecular flexibility index (Phi) is 2.89. The highest BCUT2D eigenvalue weighted by Gasteiger charge is 2.09. The maximum Gasteiger partial charge on any atom is 0.156 e. The molecule has 0 fully saturated rings. The van der Waals surface area contributed by atoms with Crippen LogP contribution in [-0.2, 0) is 0 Å². The second kappa shape index (κ2) is 4.55. The minimum absolute atomic E-state index is 0.442. The van der Waals surface area contributed by atoms with E-state index in [9.17, 15) is 0 Å². The predicted molar refractivity (Wildman–Crippen MR) is 74.4 cm³/mol. The number of benzene rings is 1. The van der Waals surface area contributed by atoms with Gasteiger partial charge in [-0.05, 0) is 18.2 Å². The van der Waals surface area contributed by atoms with E-state index in [4.69, 9.17) is 16.3 Å². The monoisotopic (exact) mass is 276 g/mol. The van der Waals surface area contributed by atoms with E-state index < -0.39 is 0 Å². The number of ether oxygens (including phenoxy) is 1. The van der Waals surface area contributed by atoms with Crippen LogP contribution in [-0.4, -0.2) is 17.1 Å². The zero-order chi connectivity index (χ0) is 12.5. The number of methoxy groups -OCH3 is 1. The molecular weight excluding hydrogens is 268 g/mol. The molecule has 3 nitrogen and oxygen atoms in total. The molecule has 0 amide bonds. The molecule has 0 spiro atoms. The minimum Gasteiger partial charge on any atom is -0.497 e. The Bertz CT molecular complexity index is 711. The van der Waals surface area contributed by atoms with E-state index in [0.29, 0.717) is 5.15 Å². The van der Waals surface area contributed by atoms with E-state index in [0.717, 1.165) is 26.5 Å². The van der Waals surface area contributed by atoms with E-state index in [1.165, 1.54) is 0 Å². The van der Waals surface area contributed by atoms with E-state index in [2.05, 4.69) is 9.97 Å². The summed E-state index contributed by atoms with van der Waals surface area (Å²) in [6, 6.07) is 9.73. The van der Waals surface area contributed by atoms with Crippen molar-refractivity contribution in [3.8, 4) is 16.3 Å². The summed E-state index contributed by atoms with van der Waals surface area (Å²) in [5, 5.41) is 1.36. The highest BCUT2D eigenvalue weighted by Crippen LogP contribution is 2.33. The summed E-state index contributed by atoms with van der Waals surface area (Å²) in [5.74, 6) is 0.816. The van der Waals surface area contributed by atoms with Gasteiger partial charge in [0.2, 0.25) is 0 Å². The molecule has 0 bridgehead atoms. The number of halogens is 1. The van der Waals surface area contributed by atoms with Crippen LogP contribution in [0.15, 0.2) is 36.5 Å². The maximum atomic E-state index is 6.02. The third-order valence-corrected chi connectivity index (χ3v) is 3.93. The van der Waals surface area contributed by atoms with Crippen LogP contribution < -0.4 is 4.74 Å². The SMILES string of the molecule is COc1cccc(-c2nc3c(Cl)nccc3s2)c1. The van der Waals surface area contributed by atoms with Crippen LogP contribution in [0.3, 0.4) is 0 Å². The Morgan fingerprint density at radius 2 is 2.17 bits per heavy atom. The zero-order valence-electron chi connectivity index (χ0n) is 9.55. The quantitative estimate of drug-likeness (QED) is 0.663. The molecule has 2 heterocycles. The first-order valence-electron chi connectivity index (χ1n) is 5.33. The van der Waals surface area contributed by atoms with Gasteiger partial charge >= 0.3 is 0 Å². The molecule has 0 aliphatic rings. The summed E-state index contributed by atoms with van der Waals surface area (Å²) >= 11 is 7.62. The van der Waals surface area contributed by atoms with Crippen molar-refractivity contribution in [2.24, 2.45) is 0 Å². The summed E-state index contributed by atoms with van der Waals surface area (Å²) in [7, 11) is 1.65.